The molecule has 0 atom stereocenters. The van der Waals surface area contributed by atoms with E-state index >= 15 is 0 Å². The second-order valence-corrected chi connectivity index (χ2v) is 4.92. The maximum absolute atomic E-state index is 12.2. The molecule has 22 heavy (non-hydrogen) atoms. The molecular formula is C18H21NO3. The van der Waals surface area contributed by atoms with Gasteiger partial charge in [-0.2, -0.15) is 0 Å². The number of hydrogen-bond acceptors (Lipinski definition) is 3. The number of ether oxygens (including phenoxy) is 2. The highest BCUT2D eigenvalue weighted by Crippen LogP contribution is 2.24. The lowest BCUT2D eigenvalue weighted by molar-refractivity contribution is -0.115. The highest BCUT2D eigenvalue weighted by atomic mass is 16.5. The first-order valence-electron chi connectivity index (χ1n) is 7.37. The first-order valence-corrected chi connectivity index (χ1v) is 7.37. The van der Waals surface area contributed by atoms with Crippen LogP contribution in [0.25, 0.3) is 0 Å². The van der Waals surface area contributed by atoms with Crippen molar-refractivity contribution in [3.8, 4) is 11.5 Å². The van der Waals surface area contributed by atoms with Crippen LogP contribution in [0, 0.1) is 0 Å². The van der Waals surface area contributed by atoms with Crippen molar-refractivity contribution >= 4 is 11.6 Å². The van der Waals surface area contributed by atoms with Crippen LogP contribution in [0.1, 0.15) is 18.9 Å². The molecule has 0 aromatic heterocycles. The molecule has 0 bridgehead atoms. The van der Waals surface area contributed by atoms with Crippen LogP contribution in [0.2, 0.25) is 0 Å². The van der Waals surface area contributed by atoms with Gasteiger partial charge in [0.25, 0.3) is 0 Å². The van der Waals surface area contributed by atoms with Crippen molar-refractivity contribution in [3.63, 3.8) is 0 Å². The standard InChI is InChI=1S/C18H21NO3/c1-3-11-22-17-10-5-4-9-16(17)19-18(20)13-14-7-6-8-15(12-14)21-2/h4-10,12H,3,11,13H2,1-2H3,(H,19,20). The van der Waals surface area contributed by atoms with Crippen LogP contribution >= 0.6 is 0 Å². The molecule has 0 aliphatic heterocycles. The van der Waals surface area contributed by atoms with Gasteiger partial charge < -0.3 is 14.8 Å². The van der Waals surface area contributed by atoms with Crippen LogP contribution in [-0.2, 0) is 11.2 Å². The Morgan fingerprint density at radius 3 is 2.73 bits per heavy atom. The Labute approximate surface area is 131 Å². The van der Waals surface area contributed by atoms with Gasteiger partial charge in [0.1, 0.15) is 11.5 Å². The third-order valence-electron chi connectivity index (χ3n) is 3.12. The molecule has 2 aromatic rings. The van der Waals surface area contributed by atoms with Crippen LogP contribution in [0.5, 0.6) is 11.5 Å². The summed E-state index contributed by atoms with van der Waals surface area (Å²) in [5, 5.41) is 2.90. The average molecular weight is 299 g/mol. The van der Waals surface area contributed by atoms with E-state index in [0.29, 0.717) is 24.5 Å². The highest BCUT2D eigenvalue weighted by molar-refractivity contribution is 5.93. The highest BCUT2D eigenvalue weighted by Gasteiger charge is 2.08. The van der Waals surface area contributed by atoms with Gasteiger partial charge in [0, 0.05) is 0 Å². The molecule has 1 amide bonds. The summed E-state index contributed by atoms with van der Waals surface area (Å²) in [5.74, 6) is 1.36. The number of benzene rings is 2. The van der Waals surface area contributed by atoms with Crippen LogP contribution in [0.3, 0.4) is 0 Å². The van der Waals surface area contributed by atoms with E-state index < -0.39 is 0 Å². The minimum atomic E-state index is -0.0826. The van der Waals surface area contributed by atoms with Crippen LogP contribution in [-0.4, -0.2) is 19.6 Å². The van der Waals surface area contributed by atoms with Gasteiger partial charge in [-0.15, -0.1) is 0 Å². The Bertz CT molecular complexity index is 625. The SMILES string of the molecule is CCCOc1ccccc1NC(=O)Cc1cccc(OC)c1. The third kappa shape index (κ3) is 4.52. The summed E-state index contributed by atoms with van der Waals surface area (Å²) in [4.78, 5) is 12.2. The van der Waals surface area contributed by atoms with Crippen molar-refractivity contribution in [2.45, 2.75) is 19.8 Å². The molecule has 0 heterocycles. The monoisotopic (exact) mass is 299 g/mol. The normalized spacial score (nSPS) is 10.1. The Kier molecular flexibility index (Phi) is 5.83. The number of para-hydroxylation sites is 2. The lowest BCUT2D eigenvalue weighted by Crippen LogP contribution is -2.15. The minimum absolute atomic E-state index is 0.0826. The summed E-state index contributed by atoms with van der Waals surface area (Å²) in [6, 6.07) is 15.0. The Balaban J connectivity index is 2.02. The molecule has 0 saturated carbocycles. The molecule has 2 rings (SSSR count). The van der Waals surface area contributed by atoms with E-state index in [2.05, 4.69) is 5.32 Å². The second-order valence-electron chi connectivity index (χ2n) is 4.92. The van der Waals surface area contributed by atoms with E-state index in [0.717, 1.165) is 17.7 Å². The van der Waals surface area contributed by atoms with Gasteiger partial charge in [-0.1, -0.05) is 31.2 Å². The quantitative estimate of drug-likeness (QED) is 0.848. The van der Waals surface area contributed by atoms with E-state index in [4.69, 9.17) is 9.47 Å². The third-order valence-corrected chi connectivity index (χ3v) is 3.12. The molecule has 116 valence electrons. The van der Waals surface area contributed by atoms with Gasteiger partial charge >= 0.3 is 0 Å². The van der Waals surface area contributed by atoms with Crippen molar-refractivity contribution in [3.05, 3.63) is 54.1 Å². The van der Waals surface area contributed by atoms with E-state index in [9.17, 15) is 4.79 Å². The molecule has 0 fully saturated rings. The van der Waals surface area contributed by atoms with Gasteiger partial charge in [-0.05, 0) is 36.2 Å². The number of amides is 1. The van der Waals surface area contributed by atoms with Crippen molar-refractivity contribution < 1.29 is 14.3 Å². The molecule has 4 nitrogen and oxygen atoms in total. The van der Waals surface area contributed by atoms with E-state index in [1.54, 1.807) is 7.11 Å². The smallest absolute Gasteiger partial charge is 0.228 e. The summed E-state index contributed by atoms with van der Waals surface area (Å²) in [7, 11) is 1.61. The zero-order valence-corrected chi connectivity index (χ0v) is 13.0. The van der Waals surface area contributed by atoms with E-state index in [-0.39, 0.29) is 5.91 Å². The lowest BCUT2D eigenvalue weighted by Gasteiger charge is -2.12. The van der Waals surface area contributed by atoms with E-state index in [1.165, 1.54) is 0 Å². The number of carbonyl (C=O) groups is 1. The number of nitrogens with one attached hydrogen (secondary N) is 1. The summed E-state index contributed by atoms with van der Waals surface area (Å²) in [5.41, 5.74) is 1.60. The van der Waals surface area contributed by atoms with Crippen molar-refractivity contribution in [1.29, 1.82) is 0 Å². The molecule has 0 aliphatic carbocycles. The van der Waals surface area contributed by atoms with Crippen LogP contribution in [0.15, 0.2) is 48.5 Å². The lowest BCUT2D eigenvalue weighted by atomic mass is 10.1. The maximum atomic E-state index is 12.2. The number of carbonyl (C=O) groups excluding carboxylic acids is 1. The Morgan fingerprint density at radius 2 is 1.95 bits per heavy atom. The molecule has 0 unspecified atom stereocenters. The summed E-state index contributed by atoms with van der Waals surface area (Å²) < 4.78 is 10.8. The van der Waals surface area contributed by atoms with Crippen molar-refractivity contribution in [2.75, 3.05) is 19.0 Å². The summed E-state index contributed by atoms with van der Waals surface area (Å²) in [6.07, 6.45) is 1.21. The maximum Gasteiger partial charge on any atom is 0.228 e. The van der Waals surface area contributed by atoms with Gasteiger partial charge in [0.15, 0.2) is 0 Å². The first kappa shape index (κ1) is 15.9. The second kappa shape index (κ2) is 8.08. The largest absolute Gasteiger partial charge is 0.497 e. The molecule has 2 aromatic carbocycles. The van der Waals surface area contributed by atoms with Crippen LogP contribution < -0.4 is 14.8 Å². The number of rotatable bonds is 7. The van der Waals surface area contributed by atoms with Gasteiger partial charge in [-0.3, -0.25) is 4.79 Å². The molecular weight excluding hydrogens is 278 g/mol. The zero-order valence-electron chi connectivity index (χ0n) is 13.0. The molecule has 4 heteroatoms. The fraction of sp³-hybridized carbons (Fsp3) is 0.278. The summed E-state index contributed by atoms with van der Waals surface area (Å²) in [6.45, 7) is 2.67. The predicted octanol–water partition coefficient (Wildman–Crippen LogP) is 3.67. The molecule has 0 aliphatic rings. The molecule has 0 radical (unpaired) electrons. The predicted molar refractivity (Wildman–Crippen MR) is 87.6 cm³/mol. The minimum Gasteiger partial charge on any atom is -0.497 e. The Morgan fingerprint density at radius 1 is 1.14 bits per heavy atom. The summed E-state index contributed by atoms with van der Waals surface area (Å²) >= 11 is 0. The topological polar surface area (TPSA) is 47.6 Å². The van der Waals surface area contributed by atoms with E-state index in [1.807, 2.05) is 55.5 Å². The van der Waals surface area contributed by atoms with Gasteiger partial charge in [0.05, 0.1) is 25.8 Å². The van der Waals surface area contributed by atoms with Crippen LogP contribution in [0.4, 0.5) is 5.69 Å². The molecule has 0 spiro atoms. The molecule has 1 N–H and O–H groups in total. The number of anilines is 1. The number of hydrogen-bond donors (Lipinski definition) is 1. The van der Waals surface area contributed by atoms with Gasteiger partial charge in [-0.25, -0.2) is 0 Å². The fourth-order valence-corrected chi connectivity index (χ4v) is 2.07. The zero-order chi connectivity index (χ0) is 15.8. The first-order chi connectivity index (χ1) is 10.7. The fourth-order valence-electron chi connectivity index (χ4n) is 2.07. The average Bonchev–Trinajstić information content (AvgIpc) is 2.54. The van der Waals surface area contributed by atoms with Crippen molar-refractivity contribution in [2.24, 2.45) is 0 Å². The molecule has 0 saturated heterocycles. The number of methoxy groups -OCH3 is 1. The van der Waals surface area contributed by atoms with Gasteiger partial charge in [0.2, 0.25) is 5.91 Å². The Hall–Kier alpha value is -2.49. The van der Waals surface area contributed by atoms with Crippen molar-refractivity contribution in [1.82, 2.24) is 0 Å².